The smallest absolute Gasteiger partial charge is 0.335 e. The van der Waals surface area contributed by atoms with Crippen molar-refractivity contribution >= 4 is 103 Å². The lowest BCUT2D eigenvalue weighted by Crippen LogP contribution is -2.25. The van der Waals surface area contributed by atoms with Gasteiger partial charge >= 0.3 is 17.9 Å². The Balaban J connectivity index is 0.000000188. The number of aromatic carboxylic acids is 1. The molecule has 6 heterocycles. The second-order valence-corrected chi connectivity index (χ2v) is 27.4. The molecule has 4 N–H and O–H groups in total. The SMILES string of the molecule is CON(C)C(=O)c1ccc2nc(NCCCCCC(=O)OC(C)(C)C)c3nnc(C)n3c2c1.Cc1nnc2c(NCCCCCC(=O)CC(C)(C)C)nc3ccc(C(=O)O)cc3n12.Cc1nnc2c(NCCCCCC(=O)OC(C)(C)C)nc3ccc(C(=O)c4ccccc4)cc3n12. The first kappa shape index (κ1) is 73.7. The van der Waals surface area contributed by atoms with Crippen LogP contribution >= 0.6 is 0 Å². The van der Waals surface area contributed by atoms with E-state index in [0.29, 0.717) is 125 Å². The Bertz CT molecular complexity index is 4480. The van der Waals surface area contributed by atoms with E-state index in [-0.39, 0.29) is 34.6 Å². The Morgan fingerprint density at radius 1 is 0.469 bits per heavy atom. The van der Waals surface area contributed by atoms with Crippen LogP contribution in [0.1, 0.15) is 200 Å². The van der Waals surface area contributed by atoms with E-state index in [1.54, 1.807) is 49.5 Å². The van der Waals surface area contributed by atoms with Crippen LogP contribution in [0.15, 0.2) is 84.9 Å². The van der Waals surface area contributed by atoms with Crippen molar-refractivity contribution in [3.63, 3.8) is 0 Å². The third-order valence-electron chi connectivity index (χ3n) is 15.5. The number of hydroxylamine groups is 2. The number of carboxylic acids is 1. The fraction of sp³-hybridized carbons (Fsp3) is 0.458. The lowest BCUT2D eigenvalue weighted by Gasteiger charge is -2.19. The molecule has 0 spiro atoms. The van der Waals surface area contributed by atoms with Crippen LogP contribution in [-0.4, -0.2) is 149 Å². The van der Waals surface area contributed by atoms with Gasteiger partial charge in [0.2, 0.25) is 16.9 Å². The monoisotopic (exact) mass is 1340 g/mol. The predicted molar refractivity (Wildman–Crippen MR) is 377 cm³/mol. The number of carboxylic acid groups (broad SMARTS) is 1. The van der Waals surface area contributed by atoms with Crippen LogP contribution < -0.4 is 16.0 Å². The maximum Gasteiger partial charge on any atom is 0.335 e. The fourth-order valence-electron chi connectivity index (χ4n) is 11.0. The lowest BCUT2D eigenvalue weighted by atomic mass is 9.88. The number of nitrogens with one attached hydrogen (secondary N) is 3. The van der Waals surface area contributed by atoms with Gasteiger partial charge in [-0.15, -0.1) is 30.6 Å². The normalized spacial score (nSPS) is 11.7. The van der Waals surface area contributed by atoms with Gasteiger partial charge in [-0.25, -0.2) is 24.8 Å². The van der Waals surface area contributed by atoms with Crippen molar-refractivity contribution < 1.29 is 48.2 Å². The van der Waals surface area contributed by atoms with Crippen LogP contribution in [0.4, 0.5) is 17.5 Å². The molecule has 0 aliphatic carbocycles. The Hall–Kier alpha value is -10.1. The van der Waals surface area contributed by atoms with Crippen LogP contribution in [0.5, 0.6) is 0 Å². The number of benzene rings is 4. The van der Waals surface area contributed by atoms with Crippen molar-refractivity contribution in [2.45, 2.75) is 178 Å². The van der Waals surface area contributed by atoms with Gasteiger partial charge in [0.05, 0.1) is 45.8 Å². The summed E-state index contributed by atoms with van der Waals surface area (Å²) in [6.45, 7) is 25.1. The molecule has 0 bridgehead atoms. The molecule has 98 heavy (non-hydrogen) atoms. The number of ether oxygens (including phenoxy) is 2. The van der Waals surface area contributed by atoms with Crippen molar-refractivity contribution in [1.29, 1.82) is 0 Å². The van der Waals surface area contributed by atoms with E-state index in [9.17, 15) is 33.9 Å². The van der Waals surface area contributed by atoms with Gasteiger partial charge in [0.25, 0.3) is 5.91 Å². The summed E-state index contributed by atoms with van der Waals surface area (Å²) < 4.78 is 16.3. The number of rotatable bonds is 27. The molecule has 0 radical (unpaired) electrons. The summed E-state index contributed by atoms with van der Waals surface area (Å²) >= 11 is 0. The second kappa shape index (κ2) is 32.8. The number of aromatic nitrogens is 12. The number of amides is 1. The van der Waals surface area contributed by atoms with Crippen molar-refractivity contribution in [2.75, 3.05) is 49.7 Å². The quantitative estimate of drug-likeness (QED) is 0.0161. The topological polar surface area (TPSA) is 319 Å². The molecule has 10 rings (SSSR count). The molecule has 520 valence electrons. The molecule has 0 saturated heterocycles. The molecular weight excluding hydrogens is 1250 g/mol. The van der Waals surface area contributed by atoms with E-state index in [1.807, 2.05) is 118 Å². The Morgan fingerprint density at radius 2 is 0.847 bits per heavy atom. The Kier molecular flexibility index (Phi) is 24.6. The minimum atomic E-state index is -0.987. The molecule has 0 saturated carbocycles. The van der Waals surface area contributed by atoms with Gasteiger partial charge < -0.3 is 30.5 Å². The zero-order valence-electron chi connectivity index (χ0n) is 58.8. The molecule has 0 unspecified atom stereocenters. The Morgan fingerprint density at radius 3 is 1.23 bits per heavy atom. The molecular formula is C72H92N16O10. The fourth-order valence-corrected chi connectivity index (χ4v) is 11.0. The summed E-state index contributed by atoms with van der Waals surface area (Å²) in [6.07, 6.45) is 9.94. The molecule has 10 aromatic rings. The highest BCUT2D eigenvalue weighted by molar-refractivity contribution is 6.10. The first-order valence-electron chi connectivity index (χ1n) is 33.3. The van der Waals surface area contributed by atoms with E-state index in [2.05, 4.69) is 72.3 Å². The number of unbranched alkanes of at least 4 members (excludes halogenated alkanes) is 6. The zero-order valence-corrected chi connectivity index (χ0v) is 58.8. The molecule has 26 heteroatoms. The molecule has 6 aromatic heterocycles. The van der Waals surface area contributed by atoms with Crippen molar-refractivity contribution in [3.05, 3.63) is 125 Å². The number of carbonyl (C=O) groups is 6. The minimum Gasteiger partial charge on any atom is -0.478 e. The highest BCUT2D eigenvalue weighted by Crippen LogP contribution is 2.28. The van der Waals surface area contributed by atoms with E-state index < -0.39 is 17.2 Å². The highest BCUT2D eigenvalue weighted by Gasteiger charge is 2.22. The number of fused-ring (bicyclic) bond motifs is 9. The molecule has 1 amide bonds. The zero-order chi connectivity index (χ0) is 71.1. The maximum atomic E-state index is 13.0. The van der Waals surface area contributed by atoms with Crippen LogP contribution in [0.3, 0.4) is 0 Å². The molecule has 4 aromatic carbocycles. The third kappa shape index (κ3) is 20.0. The van der Waals surface area contributed by atoms with Crippen molar-refractivity contribution in [2.24, 2.45) is 5.41 Å². The average Bonchev–Trinajstić information content (AvgIpc) is 1.52. The second-order valence-electron chi connectivity index (χ2n) is 27.4. The van der Waals surface area contributed by atoms with Gasteiger partial charge in [-0.3, -0.25) is 42.0 Å². The first-order chi connectivity index (χ1) is 46.5. The Labute approximate surface area is 570 Å². The van der Waals surface area contributed by atoms with E-state index in [0.717, 1.165) is 85.7 Å². The molecule has 0 fully saturated rings. The third-order valence-corrected chi connectivity index (χ3v) is 15.5. The summed E-state index contributed by atoms with van der Waals surface area (Å²) in [5.74, 6) is 2.69. The van der Waals surface area contributed by atoms with E-state index in [1.165, 1.54) is 12.2 Å². The van der Waals surface area contributed by atoms with Gasteiger partial charge in [-0.2, -0.15) is 0 Å². The number of ketones is 2. The van der Waals surface area contributed by atoms with Crippen LogP contribution in [0, 0.1) is 26.2 Å². The van der Waals surface area contributed by atoms with Gasteiger partial charge in [-0.05, 0) is 161 Å². The summed E-state index contributed by atoms with van der Waals surface area (Å²) in [5, 5.41) is 45.8. The summed E-state index contributed by atoms with van der Waals surface area (Å²) in [7, 11) is 3.00. The standard InChI is InChI=1S/C27H31N5O3.C23H32N6O4.C22H29N5O3/c1-18-30-31-26-25(28-16-10-6-9-13-23(33)35-27(2,3)4)29-21-15-14-20(17-22(21)32(18)26)24(34)19-11-7-5-8-12-19;1-15-26-27-21-20(24-13-9-7-8-10-19(30)33-23(2,3)4)25-17-12-11-16(14-18(17)29(15)21)22(31)28(5)32-6;1-14-25-26-20-19(23-11-7-5-6-8-16(28)13-22(2,3)4)24-17-10-9-15(21(29)30)12-18(17)27(14)20/h5,7-8,11-12,14-15,17H,6,9-10,13,16H2,1-4H3,(H,28,29);11-12,14H,7-10,13H2,1-6H3,(H,24,25);9-10,12H,5-8,11,13H2,1-4H3,(H,23,24)(H,29,30). The predicted octanol–water partition coefficient (Wildman–Crippen LogP) is 12.9. The number of esters is 2. The van der Waals surface area contributed by atoms with Crippen LogP contribution in [-0.2, 0) is 28.7 Å². The molecule has 26 nitrogen and oxygen atoms in total. The van der Waals surface area contributed by atoms with Crippen molar-refractivity contribution in [1.82, 2.24) is 63.8 Å². The van der Waals surface area contributed by atoms with Gasteiger partial charge in [-0.1, -0.05) is 70.4 Å². The number of carbonyl (C=O) groups excluding carboxylic acids is 5. The highest BCUT2D eigenvalue weighted by atomic mass is 16.7. The first-order valence-corrected chi connectivity index (χ1v) is 33.3. The number of Topliss-reactive ketones (excluding diaryl/α,β-unsaturated/α-hetero) is 1. The number of hydrogen-bond donors (Lipinski definition) is 4. The number of hydrogen-bond acceptors (Lipinski definition) is 21. The largest absolute Gasteiger partial charge is 0.478 e. The van der Waals surface area contributed by atoms with Crippen LogP contribution in [0.2, 0.25) is 0 Å². The van der Waals surface area contributed by atoms with Crippen LogP contribution in [0.25, 0.3) is 50.0 Å². The van der Waals surface area contributed by atoms with E-state index >= 15 is 0 Å². The molecule has 0 aliphatic rings. The minimum absolute atomic E-state index is 0.0417. The lowest BCUT2D eigenvalue weighted by molar-refractivity contribution is -0.156. The number of anilines is 3. The number of nitrogens with zero attached hydrogens (tertiary/aromatic N) is 13. The number of aryl methyl sites for hydroxylation is 3. The summed E-state index contributed by atoms with van der Waals surface area (Å²) in [5.41, 5.74) is 7.17. The molecule has 0 aliphatic heterocycles. The van der Waals surface area contributed by atoms with Gasteiger partial charge in [0.15, 0.2) is 23.2 Å². The summed E-state index contributed by atoms with van der Waals surface area (Å²) in [4.78, 5) is 91.5. The van der Waals surface area contributed by atoms with Gasteiger partial charge in [0, 0.05) is 69.1 Å². The van der Waals surface area contributed by atoms with E-state index in [4.69, 9.17) is 24.3 Å². The molecule has 0 atom stereocenters. The van der Waals surface area contributed by atoms with Gasteiger partial charge in [0.1, 0.15) is 34.5 Å². The summed E-state index contributed by atoms with van der Waals surface area (Å²) in [6, 6.07) is 24.9. The maximum absolute atomic E-state index is 13.0. The van der Waals surface area contributed by atoms with Crippen molar-refractivity contribution in [3.8, 4) is 0 Å². The average molecular weight is 1340 g/mol.